The summed E-state index contributed by atoms with van der Waals surface area (Å²) >= 11 is 0. The number of hydrogen-bond acceptors (Lipinski definition) is 3. The molecule has 1 aromatic heterocycles. The van der Waals surface area contributed by atoms with E-state index < -0.39 is 5.95 Å². The van der Waals surface area contributed by atoms with Gasteiger partial charge in [-0.2, -0.15) is 4.39 Å². The first kappa shape index (κ1) is 9.24. The SMILES string of the molecule is Fc1ccc([C@@]23CNC[C@@H](C2)NC3)cn1. The van der Waals surface area contributed by atoms with Crippen LogP contribution in [0, 0.1) is 5.95 Å². The summed E-state index contributed by atoms with van der Waals surface area (Å²) in [4.78, 5) is 3.74. The van der Waals surface area contributed by atoms with E-state index in [0.29, 0.717) is 6.04 Å². The lowest BCUT2D eigenvalue weighted by Gasteiger charge is -2.32. The number of hydrogen-bond donors (Lipinski definition) is 2. The van der Waals surface area contributed by atoms with E-state index in [4.69, 9.17) is 0 Å². The summed E-state index contributed by atoms with van der Waals surface area (Å²) < 4.78 is 12.8. The number of nitrogens with zero attached hydrogens (tertiary/aromatic N) is 1. The van der Waals surface area contributed by atoms with Gasteiger partial charge in [0.15, 0.2) is 0 Å². The Morgan fingerprint density at radius 3 is 3.13 bits per heavy atom. The maximum Gasteiger partial charge on any atom is 0.212 e. The van der Waals surface area contributed by atoms with Gasteiger partial charge in [-0.25, -0.2) is 4.98 Å². The molecule has 0 spiro atoms. The Hall–Kier alpha value is -1.00. The minimum atomic E-state index is -0.401. The summed E-state index contributed by atoms with van der Waals surface area (Å²) in [6.45, 7) is 2.97. The molecule has 0 unspecified atom stereocenters. The van der Waals surface area contributed by atoms with Gasteiger partial charge in [-0.3, -0.25) is 0 Å². The van der Waals surface area contributed by atoms with Gasteiger partial charge in [0.2, 0.25) is 5.95 Å². The molecule has 0 radical (unpaired) electrons. The minimum Gasteiger partial charge on any atom is -0.314 e. The molecule has 0 amide bonds. The summed E-state index contributed by atoms with van der Waals surface area (Å²) in [7, 11) is 0. The standard InChI is InChI=1S/C11H14FN3/c12-10-2-1-8(4-14-10)11-3-9(15-7-11)5-13-6-11/h1-2,4,9,13,15H,3,5-7H2/t9-,11-/m1/s1. The van der Waals surface area contributed by atoms with E-state index >= 15 is 0 Å². The van der Waals surface area contributed by atoms with Crippen LogP contribution < -0.4 is 10.6 Å². The molecule has 3 rings (SSSR count). The van der Waals surface area contributed by atoms with Crippen molar-refractivity contribution in [1.29, 1.82) is 0 Å². The maximum absolute atomic E-state index is 12.8. The molecule has 1 aromatic rings. The molecular weight excluding hydrogens is 193 g/mol. The second-order valence-electron chi connectivity index (χ2n) is 4.56. The van der Waals surface area contributed by atoms with Crippen molar-refractivity contribution in [3.8, 4) is 0 Å². The fraction of sp³-hybridized carbons (Fsp3) is 0.545. The number of fused-ring (bicyclic) bond motifs is 2. The molecule has 2 saturated heterocycles. The van der Waals surface area contributed by atoms with Crippen molar-refractivity contribution >= 4 is 0 Å². The second-order valence-corrected chi connectivity index (χ2v) is 4.56. The smallest absolute Gasteiger partial charge is 0.212 e. The zero-order valence-electron chi connectivity index (χ0n) is 8.46. The molecule has 3 heterocycles. The van der Waals surface area contributed by atoms with Gasteiger partial charge in [0.25, 0.3) is 0 Å². The average molecular weight is 207 g/mol. The van der Waals surface area contributed by atoms with Crippen molar-refractivity contribution in [3.63, 3.8) is 0 Å². The van der Waals surface area contributed by atoms with E-state index in [0.717, 1.165) is 31.6 Å². The third-order valence-electron chi connectivity index (χ3n) is 3.56. The van der Waals surface area contributed by atoms with Crippen LogP contribution in [0.4, 0.5) is 4.39 Å². The van der Waals surface area contributed by atoms with Gasteiger partial charge in [-0.05, 0) is 18.1 Å². The van der Waals surface area contributed by atoms with E-state index in [1.807, 2.05) is 6.07 Å². The third kappa shape index (κ3) is 1.44. The van der Waals surface area contributed by atoms with Gasteiger partial charge in [-0.15, -0.1) is 0 Å². The highest BCUT2D eigenvalue weighted by atomic mass is 19.1. The van der Waals surface area contributed by atoms with Crippen molar-refractivity contribution in [2.45, 2.75) is 17.9 Å². The van der Waals surface area contributed by atoms with Gasteiger partial charge in [0.05, 0.1) is 0 Å². The topological polar surface area (TPSA) is 37.0 Å². The Labute approximate surface area is 88.1 Å². The number of rotatable bonds is 1. The second kappa shape index (κ2) is 3.25. The lowest BCUT2D eigenvalue weighted by Crippen LogP contribution is -2.45. The first-order chi connectivity index (χ1) is 7.28. The van der Waals surface area contributed by atoms with Crippen LogP contribution >= 0.6 is 0 Å². The summed E-state index contributed by atoms with van der Waals surface area (Å²) in [6, 6.07) is 3.87. The molecule has 4 heteroatoms. The number of pyridine rings is 1. The molecule has 2 N–H and O–H groups in total. The Bertz CT molecular complexity index is 361. The van der Waals surface area contributed by atoms with Crippen molar-refractivity contribution in [3.05, 3.63) is 29.8 Å². The van der Waals surface area contributed by atoms with Crippen LogP contribution in [0.2, 0.25) is 0 Å². The zero-order chi connectivity index (χ0) is 10.3. The van der Waals surface area contributed by atoms with Crippen LogP contribution in [0.25, 0.3) is 0 Å². The van der Waals surface area contributed by atoms with Gasteiger partial charge >= 0.3 is 0 Å². The third-order valence-corrected chi connectivity index (χ3v) is 3.56. The van der Waals surface area contributed by atoms with Crippen LogP contribution in [0.1, 0.15) is 12.0 Å². The predicted molar refractivity (Wildman–Crippen MR) is 55.2 cm³/mol. The first-order valence-electron chi connectivity index (χ1n) is 5.35. The summed E-state index contributed by atoms with van der Waals surface area (Å²) in [6.07, 6.45) is 2.81. The normalized spacial score (nSPS) is 34.3. The van der Waals surface area contributed by atoms with Crippen molar-refractivity contribution < 1.29 is 4.39 Å². The van der Waals surface area contributed by atoms with Gasteiger partial charge < -0.3 is 10.6 Å². The average Bonchev–Trinajstić information content (AvgIpc) is 2.56. The van der Waals surface area contributed by atoms with Crippen LogP contribution in [-0.4, -0.2) is 30.7 Å². The number of aromatic nitrogens is 1. The van der Waals surface area contributed by atoms with E-state index in [9.17, 15) is 4.39 Å². The minimum absolute atomic E-state index is 0.129. The van der Waals surface area contributed by atoms with Crippen molar-refractivity contribution in [2.24, 2.45) is 0 Å². The van der Waals surface area contributed by atoms with Crippen LogP contribution in [-0.2, 0) is 5.41 Å². The fourth-order valence-corrected chi connectivity index (χ4v) is 2.73. The molecule has 0 saturated carbocycles. The Balaban J connectivity index is 1.95. The maximum atomic E-state index is 12.8. The molecule has 2 fully saturated rings. The van der Waals surface area contributed by atoms with Crippen LogP contribution in [0.3, 0.4) is 0 Å². The first-order valence-corrected chi connectivity index (χ1v) is 5.35. The number of nitrogens with one attached hydrogen (secondary N) is 2. The fourth-order valence-electron chi connectivity index (χ4n) is 2.73. The Morgan fingerprint density at radius 2 is 2.33 bits per heavy atom. The lowest BCUT2D eigenvalue weighted by atomic mass is 9.77. The van der Waals surface area contributed by atoms with Gasteiger partial charge in [-0.1, -0.05) is 6.07 Å². The van der Waals surface area contributed by atoms with Crippen LogP contribution in [0.15, 0.2) is 18.3 Å². The quantitative estimate of drug-likeness (QED) is 0.655. The highest BCUT2D eigenvalue weighted by Crippen LogP contribution is 2.34. The molecule has 2 atom stereocenters. The summed E-state index contributed by atoms with van der Waals surface area (Å²) in [5.41, 5.74) is 1.27. The Kier molecular flexibility index (Phi) is 2.00. The van der Waals surface area contributed by atoms with E-state index in [1.165, 1.54) is 6.07 Å². The molecule has 15 heavy (non-hydrogen) atoms. The Morgan fingerprint density at radius 1 is 1.40 bits per heavy atom. The molecule has 2 aliphatic rings. The molecule has 80 valence electrons. The highest BCUT2D eigenvalue weighted by molar-refractivity contribution is 5.27. The van der Waals surface area contributed by atoms with Gasteiger partial charge in [0.1, 0.15) is 0 Å². The lowest BCUT2D eigenvalue weighted by molar-refractivity contribution is 0.369. The highest BCUT2D eigenvalue weighted by Gasteiger charge is 2.43. The molecule has 3 nitrogen and oxygen atoms in total. The molecular formula is C11H14FN3. The van der Waals surface area contributed by atoms with Crippen molar-refractivity contribution in [1.82, 2.24) is 15.6 Å². The zero-order valence-corrected chi connectivity index (χ0v) is 8.46. The van der Waals surface area contributed by atoms with Crippen molar-refractivity contribution in [2.75, 3.05) is 19.6 Å². The molecule has 2 aliphatic heterocycles. The van der Waals surface area contributed by atoms with E-state index in [1.54, 1.807) is 6.20 Å². The van der Waals surface area contributed by atoms with Gasteiger partial charge in [0, 0.05) is 37.3 Å². The van der Waals surface area contributed by atoms with E-state index in [2.05, 4.69) is 15.6 Å². The summed E-state index contributed by atoms with van der Waals surface area (Å²) in [5.74, 6) is -0.401. The monoisotopic (exact) mass is 207 g/mol. The molecule has 0 aliphatic carbocycles. The summed E-state index contributed by atoms with van der Waals surface area (Å²) in [5, 5.41) is 6.91. The largest absolute Gasteiger partial charge is 0.314 e. The number of piperidine rings is 1. The van der Waals surface area contributed by atoms with Crippen LogP contribution in [0.5, 0.6) is 0 Å². The predicted octanol–water partition coefficient (Wildman–Crippen LogP) is 0.424. The molecule has 0 aromatic carbocycles. The van der Waals surface area contributed by atoms with E-state index in [-0.39, 0.29) is 5.41 Å². The molecule has 2 bridgehead atoms. The number of halogens is 1.